The molecule has 0 heterocycles. The average molecular weight is 531 g/mol. The van der Waals surface area contributed by atoms with Gasteiger partial charge in [-0.15, -0.1) is 0 Å². The summed E-state index contributed by atoms with van der Waals surface area (Å²) >= 11 is 0. The Morgan fingerprint density at radius 2 is 0.786 bits per heavy atom. The highest BCUT2D eigenvalue weighted by Gasteiger charge is 2.21. The molecule has 1 aliphatic rings. The van der Waals surface area contributed by atoms with Gasteiger partial charge in [-0.1, -0.05) is 127 Å². The van der Waals surface area contributed by atoms with Gasteiger partial charge in [0.05, 0.1) is 0 Å². The number of fused-ring (bicyclic) bond motifs is 6. The summed E-state index contributed by atoms with van der Waals surface area (Å²) in [5.74, 6) is 0. The summed E-state index contributed by atoms with van der Waals surface area (Å²) in [7, 11) is 0. The van der Waals surface area contributed by atoms with E-state index in [9.17, 15) is 0 Å². The van der Waals surface area contributed by atoms with Crippen molar-refractivity contribution >= 4 is 32.3 Å². The third-order valence-electron chi connectivity index (χ3n) is 8.96. The summed E-state index contributed by atoms with van der Waals surface area (Å²) < 4.78 is 0. The van der Waals surface area contributed by atoms with Crippen molar-refractivity contribution in [2.45, 2.75) is 0 Å². The van der Waals surface area contributed by atoms with Crippen LogP contribution >= 0.6 is 0 Å². The van der Waals surface area contributed by atoms with Crippen LogP contribution in [-0.4, -0.2) is 0 Å². The fourth-order valence-electron chi connectivity index (χ4n) is 7.02. The van der Waals surface area contributed by atoms with Crippen LogP contribution in [0.2, 0.25) is 0 Å². The van der Waals surface area contributed by atoms with Gasteiger partial charge in [-0.3, -0.25) is 0 Å². The fraction of sp³-hybridized carbons (Fsp3) is 0. The van der Waals surface area contributed by atoms with Crippen LogP contribution in [0, 0.1) is 0 Å². The van der Waals surface area contributed by atoms with Gasteiger partial charge >= 0.3 is 0 Å². The second kappa shape index (κ2) is 9.03. The minimum Gasteiger partial charge on any atom is -0.0616 e. The second-order valence-electron chi connectivity index (χ2n) is 11.3. The average Bonchev–Trinajstić information content (AvgIpc) is 3.39. The molecule has 0 unspecified atom stereocenters. The van der Waals surface area contributed by atoms with E-state index in [1.54, 1.807) is 0 Å². The van der Waals surface area contributed by atoms with E-state index < -0.39 is 0 Å². The van der Waals surface area contributed by atoms with E-state index >= 15 is 0 Å². The molecule has 0 saturated heterocycles. The predicted molar refractivity (Wildman–Crippen MR) is 180 cm³/mol. The Morgan fingerprint density at radius 1 is 0.238 bits per heavy atom. The highest BCUT2D eigenvalue weighted by atomic mass is 14.2. The van der Waals surface area contributed by atoms with Crippen molar-refractivity contribution in [1.82, 2.24) is 0 Å². The Hall–Kier alpha value is -5.46. The molecule has 0 nitrogen and oxygen atoms in total. The second-order valence-corrected chi connectivity index (χ2v) is 11.3. The molecule has 0 aliphatic heterocycles. The van der Waals surface area contributed by atoms with Crippen molar-refractivity contribution in [2.75, 3.05) is 0 Å². The van der Waals surface area contributed by atoms with Gasteiger partial charge in [0.15, 0.2) is 0 Å². The van der Waals surface area contributed by atoms with E-state index in [1.807, 2.05) is 0 Å². The first-order valence-electron chi connectivity index (χ1n) is 14.6. The Bertz CT molecular complexity index is 2350. The van der Waals surface area contributed by atoms with Crippen molar-refractivity contribution in [3.63, 3.8) is 0 Å². The topological polar surface area (TPSA) is 0 Å². The smallest absolute Gasteiger partial charge is 0.00259 e. The molecule has 0 amide bonds. The van der Waals surface area contributed by atoms with Gasteiger partial charge in [0.25, 0.3) is 0 Å². The molecule has 0 N–H and O–H groups in total. The van der Waals surface area contributed by atoms with Crippen LogP contribution in [0.15, 0.2) is 158 Å². The molecule has 0 fully saturated rings. The first-order valence-corrected chi connectivity index (χ1v) is 14.6. The van der Waals surface area contributed by atoms with Gasteiger partial charge < -0.3 is 0 Å². The van der Waals surface area contributed by atoms with Crippen molar-refractivity contribution < 1.29 is 0 Å². The number of rotatable bonds is 3. The molecular formula is C42H26. The lowest BCUT2D eigenvalue weighted by atomic mass is 9.91. The normalized spacial score (nSPS) is 11.8. The summed E-state index contributed by atoms with van der Waals surface area (Å²) in [5.41, 5.74) is 12.8. The Morgan fingerprint density at radius 3 is 1.60 bits per heavy atom. The predicted octanol–water partition coefficient (Wildman–Crippen LogP) is 11.8. The minimum atomic E-state index is 1.23. The monoisotopic (exact) mass is 530 g/mol. The number of benzene rings is 8. The molecule has 8 aromatic rings. The standard InChI is InChI=1S/C42H26/c1-2-16-34-31(10-1)25-40(37-19-5-3-17-35(34)37)30-14-8-12-28(23-30)27-11-7-13-29(22-27)33-24-32-15-9-21-39-36-18-4-6-20-38(36)41(26-33)42(32)39/h1-26H. The minimum absolute atomic E-state index is 1.23. The zero-order valence-corrected chi connectivity index (χ0v) is 23.0. The van der Waals surface area contributed by atoms with Crippen LogP contribution in [-0.2, 0) is 0 Å². The molecule has 0 saturated carbocycles. The number of hydrogen-bond donors (Lipinski definition) is 0. The zero-order valence-electron chi connectivity index (χ0n) is 23.0. The summed E-state index contributed by atoms with van der Waals surface area (Å²) in [4.78, 5) is 0. The largest absolute Gasteiger partial charge is 0.0616 e. The van der Waals surface area contributed by atoms with Gasteiger partial charge in [-0.05, 0) is 118 Å². The van der Waals surface area contributed by atoms with E-state index in [-0.39, 0.29) is 0 Å². The lowest BCUT2D eigenvalue weighted by Gasteiger charge is -2.13. The van der Waals surface area contributed by atoms with E-state index in [1.165, 1.54) is 88.0 Å². The van der Waals surface area contributed by atoms with Crippen LogP contribution in [0.25, 0.3) is 88.0 Å². The highest BCUT2D eigenvalue weighted by molar-refractivity contribution is 6.17. The summed E-state index contributed by atoms with van der Waals surface area (Å²) in [6, 6.07) is 58.0. The summed E-state index contributed by atoms with van der Waals surface area (Å²) in [5, 5.41) is 7.82. The molecule has 42 heavy (non-hydrogen) atoms. The van der Waals surface area contributed by atoms with E-state index in [2.05, 4.69) is 158 Å². The van der Waals surface area contributed by atoms with Gasteiger partial charge in [-0.25, -0.2) is 0 Å². The lowest BCUT2D eigenvalue weighted by molar-refractivity contribution is 1.59. The van der Waals surface area contributed by atoms with Gasteiger partial charge in [-0.2, -0.15) is 0 Å². The Balaban J connectivity index is 1.18. The Kier molecular flexibility index (Phi) is 5.00. The maximum atomic E-state index is 2.38. The zero-order chi connectivity index (χ0) is 27.6. The maximum absolute atomic E-state index is 2.38. The van der Waals surface area contributed by atoms with Crippen LogP contribution in [0.3, 0.4) is 0 Å². The van der Waals surface area contributed by atoms with Crippen LogP contribution in [0.5, 0.6) is 0 Å². The van der Waals surface area contributed by atoms with Crippen molar-refractivity contribution in [1.29, 1.82) is 0 Å². The van der Waals surface area contributed by atoms with Crippen LogP contribution < -0.4 is 0 Å². The fourth-order valence-corrected chi connectivity index (χ4v) is 7.02. The molecule has 8 aromatic carbocycles. The molecule has 1 aliphatic carbocycles. The first kappa shape index (κ1) is 23.3. The number of hydrogen-bond acceptors (Lipinski definition) is 0. The highest BCUT2D eigenvalue weighted by Crippen LogP contribution is 2.48. The molecule has 0 spiro atoms. The third kappa shape index (κ3) is 3.49. The summed E-state index contributed by atoms with van der Waals surface area (Å²) in [6.07, 6.45) is 0. The van der Waals surface area contributed by atoms with Crippen LogP contribution in [0.1, 0.15) is 0 Å². The molecule has 0 atom stereocenters. The van der Waals surface area contributed by atoms with Gasteiger partial charge in [0.1, 0.15) is 0 Å². The summed E-state index contributed by atoms with van der Waals surface area (Å²) in [6.45, 7) is 0. The van der Waals surface area contributed by atoms with E-state index in [0.717, 1.165) is 0 Å². The van der Waals surface area contributed by atoms with Gasteiger partial charge in [0, 0.05) is 0 Å². The SMILES string of the molecule is c1cc(-c2cccc(-c3cc4ccccc4c4ccccc34)c2)cc(-c2cc3c4c(cccc4c2)-c2ccccc2-3)c1. The van der Waals surface area contributed by atoms with Crippen molar-refractivity contribution in [3.05, 3.63) is 158 Å². The van der Waals surface area contributed by atoms with Gasteiger partial charge in [0.2, 0.25) is 0 Å². The molecule has 0 radical (unpaired) electrons. The van der Waals surface area contributed by atoms with E-state index in [0.29, 0.717) is 0 Å². The van der Waals surface area contributed by atoms with E-state index in [4.69, 9.17) is 0 Å². The van der Waals surface area contributed by atoms with Crippen molar-refractivity contribution in [3.8, 4) is 55.6 Å². The Labute approximate surface area is 245 Å². The maximum Gasteiger partial charge on any atom is -0.00259 e. The molecular weight excluding hydrogens is 504 g/mol. The molecule has 0 bridgehead atoms. The lowest BCUT2D eigenvalue weighted by Crippen LogP contribution is -1.87. The first-order chi connectivity index (χ1) is 20.8. The molecule has 0 aromatic heterocycles. The van der Waals surface area contributed by atoms with Crippen LogP contribution in [0.4, 0.5) is 0 Å². The molecule has 0 heteroatoms. The molecule has 9 rings (SSSR count). The third-order valence-corrected chi connectivity index (χ3v) is 8.96. The van der Waals surface area contributed by atoms with Crippen molar-refractivity contribution in [2.24, 2.45) is 0 Å². The quantitative estimate of drug-likeness (QED) is 0.199. The molecule has 194 valence electrons.